The molecule has 0 aliphatic carbocycles. The normalized spacial score (nSPS) is 10.5. The van der Waals surface area contributed by atoms with Crippen LogP contribution in [0.25, 0.3) is 0 Å². The third kappa shape index (κ3) is 5.54. The highest BCUT2D eigenvalue weighted by Crippen LogP contribution is 2.24. The van der Waals surface area contributed by atoms with Crippen LogP contribution in [0.15, 0.2) is 58.3 Å². The Morgan fingerprint density at radius 2 is 1.62 bits per heavy atom. The smallest absolute Gasteiger partial charge is 0.255 e. The number of hydrogen-bond donors (Lipinski definition) is 0. The molecule has 0 saturated carbocycles. The standard InChI is InChI=1S/C20H24N2O2S2/c1-21(2)19(23)14-26-18-8-6-5-7-17(18)20(24)22(3)13-15-9-11-16(25-4)12-10-15/h5-12H,13-14H2,1-4H3. The minimum absolute atomic E-state index is 0.0273. The third-order valence-electron chi connectivity index (χ3n) is 3.89. The zero-order chi connectivity index (χ0) is 19.1. The first-order chi connectivity index (χ1) is 12.4. The Labute approximate surface area is 163 Å². The molecule has 0 heterocycles. The van der Waals surface area contributed by atoms with Crippen molar-refractivity contribution in [2.45, 2.75) is 16.3 Å². The molecule has 2 aromatic rings. The third-order valence-corrected chi connectivity index (χ3v) is 5.69. The second-order valence-corrected chi connectivity index (χ2v) is 7.98. The summed E-state index contributed by atoms with van der Waals surface area (Å²) in [6.07, 6.45) is 2.04. The van der Waals surface area contributed by atoms with Crippen molar-refractivity contribution < 1.29 is 9.59 Å². The van der Waals surface area contributed by atoms with E-state index in [1.54, 1.807) is 42.7 Å². The van der Waals surface area contributed by atoms with E-state index in [1.807, 2.05) is 42.7 Å². The molecule has 0 spiro atoms. The lowest BCUT2D eigenvalue weighted by Gasteiger charge is -2.19. The predicted octanol–water partition coefficient (Wildman–Crippen LogP) is 3.86. The Morgan fingerprint density at radius 1 is 0.962 bits per heavy atom. The summed E-state index contributed by atoms with van der Waals surface area (Å²) in [6, 6.07) is 15.7. The maximum atomic E-state index is 12.9. The molecule has 2 aromatic carbocycles. The molecule has 0 N–H and O–H groups in total. The van der Waals surface area contributed by atoms with Gasteiger partial charge in [0.2, 0.25) is 5.91 Å². The number of nitrogens with zero attached hydrogens (tertiary/aromatic N) is 2. The summed E-state index contributed by atoms with van der Waals surface area (Å²) in [5.41, 5.74) is 1.72. The van der Waals surface area contributed by atoms with Gasteiger partial charge in [-0.1, -0.05) is 24.3 Å². The first-order valence-corrected chi connectivity index (χ1v) is 10.4. The van der Waals surface area contributed by atoms with Crippen LogP contribution in [-0.4, -0.2) is 54.8 Å². The lowest BCUT2D eigenvalue weighted by Crippen LogP contribution is -2.27. The lowest BCUT2D eigenvalue weighted by atomic mass is 10.1. The molecule has 0 unspecified atom stereocenters. The number of carbonyl (C=O) groups is 2. The molecule has 26 heavy (non-hydrogen) atoms. The average Bonchev–Trinajstić information content (AvgIpc) is 2.66. The van der Waals surface area contributed by atoms with Gasteiger partial charge >= 0.3 is 0 Å². The van der Waals surface area contributed by atoms with E-state index in [0.29, 0.717) is 17.9 Å². The van der Waals surface area contributed by atoms with Gasteiger partial charge in [0.15, 0.2) is 0 Å². The van der Waals surface area contributed by atoms with Crippen molar-refractivity contribution >= 4 is 35.3 Å². The Kier molecular flexibility index (Phi) is 7.60. The fraction of sp³-hybridized carbons (Fsp3) is 0.300. The Morgan fingerprint density at radius 3 is 2.23 bits per heavy atom. The first kappa shape index (κ1) is 20.4. The maximum Gasteiger partial charge on any atom is 0.255 e. The van der Waals surface area contributed by atoms with E-state index in [9.17, 15) is 9.59 Å². The molecule has 0 aliphatic heterocycles. The fourth-order valence-electron chi connectivity index (χ4n) is 2.32. The van der Waals surface area contributed by atoms with Gasteiger partial charge in [0.1, 0.15) is 0 Å². The van der Waals surface area contributed by atoms with Crippen molar-refractivity contribution in [3.05, 3.63) is 59.7 Å². The van der Waals surface area contributed by atoms with Gasteiger partial charge in [-0.15, -0.1) is 23.5 Å². The summed E-state index contributed by atoms with van der Waals surface area (Å²) >= 11 is 3.10. The SMILES string of the molecule is CSc1ccc(CN(C)C(=O)c2ccccc2SCC(=O)N(C)C)cc1. The summed E-state index contributed by atoms with van der Waals surface area (Å²) in [6.45, 7) is 0.545. The van der Waals surface area contributed by atoms with Crippen LogP contribution < -0.4 is 0 Å². The second kappa shape index (κ2) is 9.69. The van der Waals surface area contributed by atoms with Crippen LogP contribution in [0.3, 0.4) is 0 Å². The van der Waals surface area contributed by atoms with Crippen molar-refractivity contribution in [1.29, 1.82) is 0 Å². The van der Waals surface area contributed by atoms with Crippen LogP contribution in [0.1, 0.15) is 15.9 Å². The van der Waals surface area contributed by atoms with E-state index in [-0.39, 0.29) is 11.8 Å². The van der Waals surface area contributed by atoms with Gasteiger partial charge in [0, 0.05) is 37.5 Å². The molecule has 0 atom stereocenters. The zero-order valence-corrected chi connectivity index (χ0v) is 17.2. The molecule has 0 aromatic heterocycles. The highest BCUT2D eigenvalue weighted by Gasteiger charge is 2.17. The van der Waals surface area contributed by atoms with Crippen molar-refractivity contribution in [3.63, 3.8) is 0 Å². The van der Waals surface area contributed by atoms with Gasteiger partial charge in [0.25, 0.3) is 5.91 Å². The molecule has 6 heteroatoms. The average molecular weight is 389 g/mol. The van der Waals surface area contributed by atoms with Gasteiger partial charge in [-0.2, -0.15) is 0 Å². The number of thioether (sulfide) groups is 2. The quantitative estimate of drug-likeness (QED) is 0.676. The molecular weight excluding hydrogens is 364 g/mol. The molecule has 0 radical (unpaired) electrons. The van der Waals surface area contributed by atoms with Crippen LogP contribution in [0.4, 0.5) is 0 Å². The minimum Gasteiger partial charge on any atom is -0.348 e. The van der Waals surface area contributed by atoms with Crippen molar-refractivity contribution in [2.75, 3.05) is 33.2 Å². The number of rotatable bonds is 7. The lowest BCUT2D eigenvalue weighted by molar-refractivity contribution is -0.125. The molecular formula is C20H24N2O2S2. The van der Waals surface area contributed by atoms with Gasteiger partial charge in [0.05, 0.1) is 11.3 Å². The topological polar surface area (TPSA) is 40.6 Å². The minimum atomic E-state index is -0.0423. The van der Waals surface area contributed by atoms with Crippen molar-refractivity contribution in [2.24, 2.45) is 0 Å². The van der Waals surface area contributed by atoms with E-state index in [1.165, 1.54) is 16.7 Å². The highest BCUT2D eigenvalue weighted by molar-refractivity contribution is 8.00. The molecule has 4 nitrogen and oxygen atoms in total. The van der Waals surface area contributed by atoms with E-state index in [2.05, 4.69) is 12.1 Å². The van der Waals surface area contributed by atoms with Crippen LogP contribution in [0.2, 0.25) is 0 Å². The first-order valence-electron chi connectivity index (χ1n) is 8.22. The monoisotopic (exact) mass is 388 g/mol. The molecule has 2 rings (SSSR count). The fourth-order valence-corrected chi connectivity index (χ4v) is 3.75. The highest BCUT2D eigenvalue weighted by atomic mass is 32.2. The van der Waals surface area contributed by atoms with Gasteiger partial charge in [-0.25, -0.2) is 0 Å². The van der Waals surface area contributed by atoms with E-state index in [4.69, 9.17) is 0 Å². The van der Waals surface area contributed by atoms with Crippen molar-refractivity contribution in [1.82, 2.24) is 9.80 Å². The molecule has 0 aliphatic rings. The summed E-state index contributed by atoms with van der Waals surface area (Å²) in [4.78, 5) is 30.0. The maximum absolute atomic E-state index is 12.9. The zero-order valence-electron chi connectivity index (χ0n) is 15.6. The van der Waals surface area contributed by atoms with E-state index in [0.717, 1.165) is 10.5 Å². The summed E-state index contributed by atoms with van der Waals surface area (Å²) in [5.74, 6) is 0.302. The summed E-state index contributed by atoms with van der Waals surface area (Å²) < 4.78 is 0. The number of hydrogen-bond acceptors (Lipinski definition) is 4. The Balaban J connectivity index is 2.08. The number of amides is 2. The van der Waals surface area contributed by atoms with Gasteiger partial charge in [-0.3, -0.25) is 9.59 Å². The molecule has 2 amide bonds. The van der Waals surface area contributed by atoms with Crippen LogP contribution in [0, 0.1) is 0 Å². The number of benzene rings is 2. The van der Waals surface area contributed by atoms with Crippen LogP contribution >= 0.6 is 23.5 Å². The Bertz CT molecular complexity index is 761. The Hall–Kier alpha value is -1.92. The molecule has 0 bridgehead atoms. The number of carbonyl (C=O) groups excluding carboxylic acids is 2. The largest absolute Gasteiger partial charge is 0.348 e. The van der Waals surface area contributed by atoms with Gasteiger partial charge < -0.3 is 9.80 Å². The predicted molar refractivity (Wildman–Crippen MR) is 110 cm³/mol. The molecule has 138 valence electrons. The van der Waals surface area contributed by atoms with E-state index >= 15 is 0 Å². The molecule has 0 saturated heterocycles. The molecule has 0 fully saturated rings. The van der Waals surface area contributed by atoms with Gasteiger partial charge in [-0.05, 0) is 36.1 Å². The second-order valence-electron chi connectivity index (χ2n) is 6.08. The van der Waals surface area contributed by atoms with Crippen molar-refractivity contribution in [3.8, 4) is 0 Å². The van der Waals surface area contributed by atoms with E-state index < -0.39 is 0 Å². The summed E-state index contributed by atoms with van der Waals surface area (Å²) in [7, 11) is 5.27. The van der Waals surface area contributed by atoms with Crippen LogP contribution in [0.5, 0.6) is 0 Å². The van der Waals surface area contributed by atoms with Crippen LogP contribution in [-0.2, 0) is 11.3 Å². The summed E-state index contributed by atoms with van der Waals surface area (Å²) in [5, 5.41) is 0.